The van der Waals surface area contributed by atoms with Crippen LogP contribution in [0.4, 0.5) is 0 Å². The minimum absolute atomic E-state index is 0.274. The molecule has 2 nitrogen and oxygen atoms in total. The molecular formula is C17H30O2. The third-order valence-electron chi connectivity index (χ3n) is 3.03. The van der Waals surface area contributed by atoms with Crippen LogP contribution in [0.3, 0.4) is 0 Å². The summed E-state index contributed by atoms with van der Waals surface area (Å²) >= 11 is 0. The summed E-state index contributed by atoms with van der Waals surface area (Å²) in [5.41, 5.74) is 0. The number of carbonyl (C=O) groups excluding carboxylic acids is 1. The highest BCUT2D eigenvalue weighted by Gasteiger charge is 1.90. The van der Waals surface area contributed by atoms with Gasteiger partial charge in [-0.15, -0.1) is 0 Å². The number of hydrogen-bond donors (Lipinski definition) is 0. The van der Waals surface area contributed by atoms with Crippen LogP contribution in [0.5, 0.6) is 0 Å². The van der Waals surface area contributed by atoms with Crippen molar-refractivity contribution in [2.75, 3.05) is 0 Å². The predicted octanol–water partition coefficient (Wildman–Crippen LogP) is 5.54. The summed E-state index contributed by atoms with van der Waals surface area (Å²) in [7, 11) is 0. The molecule has 0 atom stereocenters. The Kier molecular flexibility index (Phi) is 14.2. The van der Waals surface area contributed by atoms with Gasteiger partial charge in [0, 0.05) is 6.92 Å². The summed E-state index contributed by atoms with van der Waals surface area (Å²) in [5.74, 6) is -0.274. The Hall–Kier alpha value is -1.05. The van der Waals surface area contributed by atoms with E-state index >= 15 is 0 Å². The fourth-order valence-corrected chi connectivity index (χ4v) is 1.93. The number of esters is 1. The minimum atomic E-state index is -0.274. The molecule has 0 amide bonds. The third kappa shape index (κ3) is 16.9. The first kappa shape index (κ1) is 17.9. The first-order valence-electron chi connectivity index (χ1n) is 7.76. The van der Waals surface area contributed by atoms with Gasteiger partial charge in [-0.2, -0.15) is 0 Å². The molecule has 0 aromatic rings. The van der Waals surface area contributed by atoms with Crippen molar-refractivity contribution in [1.29, 1.82) is 0 Å². The molecule has 110 valence electrons. The summed E-state index contributed by atoms with van der Waals surface area (Å²) in [6.07, 6.45) is 20.6. The molecule has 0 aromatic carbocycles. The molecule has 0 bridgehead atoms. The van der Waals surface area contributed by atoms with Gasteiger partial charge in [-0.25, -0.2) is 0 Å². The van der Waals surface area contributed by atoms with Crippen molar-refractivity contribution in [2.24, 2.45) is 0 Å². The zero-order chi connectivity index (χ0) is 14.2. The van der Waals surface area contributed by atoms with Gasteiger partial charge in [-0.1, -0.05) is 70.4 Å². The van der Waals surface area contributed by atoms with E-state index in [1.54, 1.807) is 6.08 Å². The Labute approximate surface area is 118 Å². The molecule has 0 fully saturated rings. The normalized spacial score (nSPS) is 11.5. The molecule has 0 N–H and O–H groups in total. The molecule has 0 aliphatic rings. The Morgan fingerprint density at radius 2 is 1.47 bits per heavy atom. The zero-order valence-electron chi connectivity index (χ0n) is 12.7. The van der Waals surface area contributed by atoms with Gasteiger partial charge in [0.15, 0.2) is 0 Å². The van der Waals surface area contributed by atoms with E-state index in [9.17, 15) is 4.79 Å². The molecule has 0 rings (SSSR count). The molecule has 0 aliphatic carbocycles. The molecular weight excluding hydrogens is 236 g/mol. The maximum atomic E-state index is 10.5. The predicted molar refractivity (Wildman–Crippen MR) is 81.9 cm³/mol. The summed E-state index contributed by atoms with van der Waals surface area (Å²) in [6.45, 7) is 3.66. The molecule has 0 heterocycles. The first-order chi connectivity index (χ1) is 9.27. The van der Waals surface area contributed by atoms with Crippen molar-refractivity contribution >= 4 is 5.97 Å². The van der Waals surface area contributed by atoms with Gasteiger partial charge in [0.1, 0.15) is 0 Å². The fraction of sp³-hybridized carbons (Fsp3) is 0.706. The lowest BCUT2D eigenvalue weighted by Gasteiger charge is -2.00. The molecule has 0 unspecified atom stereocenters. The van der Waals surface area contributed by atoms with Crippen LogP contribution in [0.1, 0.15) is 78.1 Å². The highest BCUT2D eigenvalue weighted by molar-refractivity contribution is 5.66. The highest BCUT2D eigenvalue weighted by atomic mass is 16.5. The van der Waals surface area contributed by atoms with Gasteiger partial charge in [0.05, 0.1) is 6.26 Å². The molecule has 0 spiro atoms. The van der Waals surface area contributed by atoms with Crippen molar-refractivity contribution < 1.29 is 9.53 Å². The van der Waals surface area contributed by atoms with Crippen LogP contribution in [0.2, 0.25) is 0 Å². The average Bonchev–Trinajstić information content (AvgIpc) is 2.39. The number of carbonyl (C=O) groups is 1. The van der Waals surface area contributed by atoms with Crippen molar-refractivity contribution in [3.8, 4) is 0 Å². The lowest BCUT2D eigenvalue weighted by atomic mass is 10.1. The van der Waals surface area contributed by atoms with Crippen LogP contribution in [0, 0.1) is 0 Å². The molecule has 2 heteroatoms. The average molecular weight is 266 g/mol. The topological polar surface area (TPSA) is 26.3 Å². The van der Waals surface area contributed by atoms with Gasteiger partial charge in [-0.3, -0.25) is 4.79 Å². The second-order valence-electron chi connectivity index (χ2n) is 4.98. The van der Waals surface area contributed by atoms with Crippen LogP contribution in [0.15, 0.2) is 24.5 Å². The smallest absolute Gasteiger partial charge is 0.307 e. The second-order valence-corrected chi connectivity index (χ2v) is 4.98. The van der Waals surface area contributed by atoms with E-state index in [4.69, 9.17) is 0 Å². The van der Waals surface area contributed by atoms with Crippen molar-refractivity contribution in [3.63, 3.8) is 0 Å². The first-order valence-corrected chi connectivity index (χ1v) is 7.76. The molecule has 0 radical (unpaired) electrons. The van der Waals surface area contributed by atoms with Crippen molar-refractivity contribution in [3.05, 3.63) is 24.5 Å². The lowest BCUT2D eigenvalue weighted by Crippen LogP contribution is -1.88. The van der Waals surface area contributed by atoms with Crippen molar-refractivity contribution in [1.82, 2.24) is 0 Å². The van der Waals surface area contributed by atoms with E-state index in [2.05, 4.69) is 17.7 Å². The van der Waals surface area contributed by atoms with Gasteiger partial charge >= 0.3 is 5.97 Å². The molecule has 0 saturated heterocycles. The molecule has 0 saturated carbocycles. The largest absolute Gasteiger partial charge is 0.435 e. The maximum absolute atomic E-state index is 10.5. The summed E-state index contributed by atoms with van der Waals surface area (Å²) < 4.78 is 4.67. The van der Waals surface area contributed by atoms with Gasteiger partial charge in [-0.05, 0) is 18.9 Å². The minimum Gasteiger partial charge on any atom is -0.435 e. The molecule has 0 aromatic heterocycles. The summed E-state index contributed by atoms with van der Waals surface area (Å²) in [4.78, 5) is 10.5. The van der Waals surface area contributed by atoms with Crippen LogP contribution in [-0.4, -0.2) is 5.97 Å². The van der Waals surface area contributed by atoms with E-state index in [0.717, 1.165) is 6.42 Å². The Morgan fingerprint density at radius 3 is 2.05 bits per heavy atom. The SMILES string of the molecule is CCCCCCCCCCCC=CC=COC(C)=O. The van der Waals surface area contributed by atoms with E-state index in [1.807, 2.05) is 6.08 Å². The van der Waals surface area contributed by atoms with Crippen LogP contribution in [-0.2, 0) is 9.53 Å². The Morgan fingerprint density at radius 1 is 0.895 bits per heavy atom. The van der Waals surface area contributed by atoms with E-state index in [1.165, 1.54) is 71.0 Å². The fourth-order valence-electron chi connectivity index (χ4n) is 1.93. The van der Waals surface area contributed by atoms with Crippen LogP contribution < -0.4 is 0 Å². The van der Waals surface area contributed by atoms with Crippen molar-refractivity contribution in [2.45, 2.75) is 78.1 Å². The molecule has 0 aliphatic heterocycles. The Balaban J connectivity index is 3.16. The van der Waals surface area contributed by atoms with E-state index in [-0.39, 0.29) is 5.97 Å². The number of ether oxygens (including phenoxy) is 1. The third-order valence-corrected chi connectivity index (χ3v) is 3.03. The number of hydrogen-bond acceptors (Lipinski definition) is 2. The van der Waals surface area contributed by atoms with Gasteiger partial charge in [0.2, 0.25) is 0 Å². The van der Waals surface area contributed by atoms with E-state index in [0.29, 0.717) is 0 Å². The number of rotatable bonds is 12. The second kappa shape index (κ2) is 15.0. The number of allylic oxidation sites excluding steroid dienone is 3. The van der Waals surface area contributed by atoms with E-state index < -0.39 is 0 Å². The zero-order valence-corrected chi connectivity index (χ0v) is 12.7. The number of unbranched alkanes of at least 4 members (excludes halogenated alkanes) is 9. The quantitative estimate of drug-likeness (QED) is 0.201. The molecule has 19 heavy (non-hydrogen) atoms. The standard InChI is InChI=1S/C17H30O2/c1-3-4-5-6-7-8-9-10-11-12-13-14-15-16-19-17(2)18/h13-16H,3-12H2,1-2H3. The van der Waals surface area contributed by atoms with Gasteiger partial charge in [0.25, 0.3) is 0 Å². The lowest BCUT2D eigenvalue weighted by molar-refractivity contribution is -0.135. The summed E-state index contributed by atoms with van der Waals surface area (Å²) in [5, 5.41) is 0. The Bertz CT molecular complexity index is 254. The highest BCUT2D eigenvalue weighted by Crippen LogP contribution is 2.10. The monoisotopic (exact) mass is 266 g/mol. The van der Waals surface area contributed by atoms with Gasteiger partial charge < -0.3 is 4.74 Å². The maximum Gasteiger partial charge on any atom is 0.307 e. The van der Waals surface area contributed by atoms with Crippen LogP contribution >= 0.6 is 0 Å². The summed E-state index contributed by atoms with van der Waals surface area (Å²) in [6, 6.07) is 0. The van der Waals surface area contributed by atoms with Crippen LogP contribution in [0.25, 0.3) is 0 Å².